The second-order valence-electron chi connectivity index (χ2n) is 5.02. The van der Waals surface area contributed by atoms with Gasteiger partial charge < -0.3 is 24.4 Å². The quantitative estimate of drug-likeness (QED) is 0.527. The molecule has 0 amide bonds. The fraction of sp³-hybridized carbons (Fsp3) is 0.750. The van der Waals surface area contributed by atoms with Gasteiger partial charge in [0, 0.05) is 0 Å². The van der Waals surface area contributed by atoms with Crippen molar-refractivity contribution >= 4 is 17.9 Å². The van der Waals surface area contributed by atoms with Gasteiger partial charge in [-0.2, -0.15) is 0 Å². The number of hydrogen-bond donors (Lipinski definition) is 2. The number of aliphatic carboxylic acids is 2. The van der Waals surface area contributed by atoms with Crippen LogP contribution in [0.15, 0.2) is 0 Å². The van der Waals surface area contributed by atoms with Crippen LogP contribution in [0.2, 0.25) is 0 Å². The highest BCUT2D eigenvalue weighted by atomic mass is 16.8. The highest BCUT2D eigenvalue weighted by Gasteiger charge is 2.58. The van der Waals surface area contributed by atoms with Crippen LogP contribution in [0.1, 0.15) is 27.2 Å². The minimum atomic E-state index is -2.84. The lowest BCUT2D eigenvalue weighted by Crippen LogP contribution is -2.48. The van der Waals surface area contributed by atoms with E-state index in [2.05, 4.69) is 4.74 Å². The molecule has 0 saturated carbocycles. The van der Waals surface area contributed by atoms with E-state index in [1.807, 2.05) is 13.8 Å². The first-order chi connectivity index (χ1) is 9.19. The largest absolute Gasteiger partial charge is 0.477 e. The molecule has 1 heterocycles. The van der Waals surface area contributed by atoms with Crippen LogP contribution in [0.3, 0.4) is 0 Å². The van der Waals surface area contributed by atoms with Crippen molar-refractivity contribution in [2.24, 2.45) is 5.92 Å². The van der Waals surface area contributed by atoms with E-state index in [-0.39, 0.29) is 6.10 Å². The molecule has 8 heteroatoms. The number of carboxylic acids is 2. The zero-order valence-electron chi connectivity index (χ0n) is 11.5. The van der Waals surface area contributed by atoms with Crippen LogP contribution in [0.5, 0.6) is 0 Å². The Morgan fingerprint density at radius 3 is 2.20 bits per heavy atom. The predicted octanol–water partition coefficient (Wildman–Crippen LogP) is 0.245. The van der Waals surface area contributed by atoms with Crippen molar-refractivity contribution in [1.29, 1.82) is 0 Å². The minimum absolute atomic E-state index is 0.315. The van der Waals surface area contributed by atoms with E-state index in [0.717, 1.165) is 0 Å². The van der Waals surface area contributed by atoms with Gasteiger partial charge in [0.05, 0.1) is 12.7 Å². The maximum absolute atomic E-state index is 11.8. The number of hydrogen-bond acceptors (Lipinski definition) is 6. The molecule has 0 radical (unpaired) electrons. The summed E-state index contributed by atoms with van der Waals surface area (Å²) in [4.78, 5) is 33.6. The molecule has 1 unspecified atom stereocenters. The summed E-state index contributed by atoms with van der Waals surface area (Å²) in [7, 11) is 0. The average Bonchev–Trinajstić information content (AvgIpc) is 2.73. The van der Waals surface area contributed by atoms with Gasteiger partial charge in [-0.1, -0.05) is 13.8 Å². The fourth-order valence-corrected chi connectivity index (χ4v) is 1.88. The van der Waals surface area contributed by atoms with Crippen LogP contribution in [0.25, 0.3) is 0 Å². The molecule has 20 heavy (non-hydrogen) atoms. The Labute approximate surface area is 115 Å². The molecule has 0 aromatic rings. The second-order valence-corrected chi connectivity index (χ2v) is 5.02. The summed E-state index contributed by atoms with van der Waals surface area (Å²) < 4.78 is 14.4. The smallest absolute Gasteiger partial charge is 0.377 e. The standard InChI is InChI=1S/C12H18O8/c1-6(2)4-7(3)19-9(13)8-5-18-12(20-8,10(14)15)11(16)17/h6-8H,4-5H2,1-3H3,(H,14,15)(H,16,17)/t7?,8-/m0/s1. The third kappa shape index (κ3) is 3.45. The summed E-state index contributed by atoms with van der Waals surface area (Å²) in [5.41, 5.74) is 0. The highest BCUT2D eigenvalue weighted by Crippen LogP contribution is 2.26. The van der Waals surface area contributed by atoms with Gasteiger partial charge in [-0.15, -0.1) is 0 Å². The molecule has 114 valence electrons. The summed E-state index contributed by atoms with van der Waals surface area (Å²) in [6.45, 7) is 5.12. The van der Waals surface area contributed by atoms with E-state index >= 15 is 0 Å². The SMILES string of the molecule is CC(C)CC(C)OC(=O)[C@@H]1COC(C(=O)O)(C(=O)O)O1. The average molecular weight is 290 g/mol. The van der Waals surface area contributed by atoms with E-state index in [1.165, 1.54) is 0 Å². The molecule has 2 N–H and O–H groups in total. The van der Waals surface area contributed by atoms with E-state index in [0.29, 0.717) is 12.3 Å². The summed E-state index contributed by atoms with van der Waals surface area (Å²) in [5, 5.41) is 17.7. The zero-order chi connectivity index (χ0) is 15.5. The Hall–Kier alpha value is -1.67. The molecular weight excluding hydrogens is 272 g/mol. The summed E-state index contributed by atoms with van der Waals surface area (Å²) in [6, 6.07) is 0. The van der Waals surface area contributed by atoms with Gasteiger partial charge >= 0.3 is 23.7 Å². The van der Waals surface area contributed by atoms with Crippen molar-refractivity contribution in [3.63, 3.8) is 0 Å². The summed E-state index contributed by atoms with van der Waals surface area (Å²) >= 11 is 0. The van der Waals surface area contributed by atoms with Gasteiger partial charge in [0.1, 0.15) is 0 Å². The van der Waals surface area contributed by atoms with Gasteiger partial charge in [-0.25, -0.2) is 14.4 Å². The van der Waals surface area contributed by atoms with Crippen molar-refractivity contribution in [3.05, 3.63) is 0 Å². The zero-order valence-corrected chi connectivity index (χ0v) is 11.5. The molecule has 1 rings (SSSR count). The van der Waals surface area contributed by atoms with Crippen molar-refractivity contribution in [2.75, 3.05) is 6.61 Å². The van der Waals surface area contributed by atoms with Gasteiger partial charge in [0.2, 0.25) is 0 Å². The van der Waals surface area contributed by atoms with Crippen LogP contribution < -0.4 is 0 Å². The second kappa shape index (κ2) is 6.19. The number of carbonyl (C=O) groups is 3. The van der Waals surface area contributed by atoms with Crippen molar-refractivity contribution in [3.8, 4) is 0 Å². The van der Waals surface area contributed by atoms with Gasteiger partial charge in [-0.3, -0.25) is 0 Å². The number of carboxylic acid groups (broad SMARTS) is 2. The van der Waals surface area contributed by atoms with Gasteiger partial charge in [-0.05, 0) is 19.3 Å². The van der Waals surface area contributed by atoms with Gasteiger partial charge in [0.15, 0.2) is 6.10 Å². The van der Waals surface area contributed by atoms with Crippen LogP contribution in [0.4, 0.5) is 0 Å². The maximum Gasteiger partial charge on any atom is 0.377 e. The van der Waals surface area contributed by atoms with Crippen LogP contribution in [-0.2, 0) is 28.6 Å². The number of carbonyl (C=O) groups excluding carboxylic acids is 1. The monoisotopic (exact) mass is 290 g/mol. The van der Waals surface area contributed by atoms with E-state index in [4.69, 9.17) is 19.7 Å². The first kappa shape index (κ1) is 16.4. The summed E-state index contributed by atoms with van der Waals surface area (Å²) in [6.07, 6.45) is -1.12. The molecular formula is C12H18O8. The van der Waals surface area contributed by atoms with E-state index < -0.39 is 36.4 Å². The molecule has 1 aliphatic rings. The molecule has 0 aliphatic carbocycles. The highest BCUT2D eigenvalue weighted by molar-refractivity contribution is 6.00. The van der Waals surface area contributed by atoms with Crippen molar-refractivity contribution < 1.29 is 38.8 Å². The number of esters is 1. The molecule has 1 fully saturated rings. The van der Waals surface area contributed by atoms with Crippen LogP contribution in [-0.4, -0.2) is 52.7 Å². The maximum atomic E-state index is 11.8. The number of ether oxygens (including phenoxy) is 3. The Balaban J connectivity index is 2.65. The van der Waals surface area contributed by atoms with Crippen LogP contribution in [0, 0.1) is 5.92 Å². The fourth-order valence-electron chi connectivity index (χ4n) is 1.88. The Morgan fingerprint density at radius 2 is 1.80 bits per heavy atom. The molecule has 2 atom stereocenters. The third-order valence-corrected chi connectivity index (χ3v) is 2.69. The predicted molar refractivity (Wildman–Crippen MR) is 63.8 cm³/mol. The van der Waals surface area contributed by atoms with Gasteiger partial charge in [0.25, 0.3) is 0 Å². The minimum Gasteiger partial charge on any atom is -0.477 e. The summed E-state index contributed by atoms with van der Waals surface area (Å²) in [5.74, 6) is -7.01. The first-order valence-electron chi connectivity index (χ1n) is 6.18. The lowest BCUT2D eigenvalue weighted by atomic mass is 10.1. The van der Waals surface area contributed by atoms with E-state index in [1.54, 1.807) is 6.92 Å². The lowest BCUT2D eigenvalue weighted by Gasteiger charge is -2.19. The molecule has 0 aromatic heterocycles. The van der Waals surface area contributed by atoms with Crippen molar-refractivity contribution in [2.45, 2.75) is 45.2 Å². The normalized spacial score (nSPS) is 22.5. The lowest BCUT2D eigenvalue weighted by molar-refractivity contribution is -0.219. The van der Waals surface area contributed by atoms with Crippen molar-refractivity contribution in [1.82, 2.24) is 0 Å². The Bertz CT molecular complexity index is 388. The topological polar surface area (TPSA) is 119 Å². The third-order valence-electron chi connectivity index (χ3n) is 2.69. The molecule has 1 saturated heterocycles. The molecule has 0 spiro atoms. The Kier molecular flexibility index (Phi) is 5.07. The molecule has 1 aliphatic heterocycles. The first-order valence-corrected chi connectivity index (χ1v) is 6.18. The van der Waals surface area contributed by atoms with Crippen LogP contribution >= 0.6 is 0 Å². The van der Waals surface area contributed by atoms with E-state index in [9.17, 15) is 14.4 Å². The number of rotatable bonds is 6. The molecule has 0 aromatic carbocycles. The Morgan fingerprint density at radius 1 is 1.25 bits per heavy atom. The molecule has 0 bridgehead atoms. The molecule has 8 nitrogen and oxygen atoms in total.